The van der Waals surface area contributed by atoms with Crippen molar-refractivity contribution < 1.29 is 31.8 Å². The van der Waals surface area contributed by atoms with E-state index in [2.05, 4.69) is 11.5 Å². The van der Waals surface area contributed by atoms with Crippen molar-refractivity contribution in [1.29, 1.82) is 0 Å². The summed E-state index contributed by atoms with van der Waals surface area (Å²) in [5.41, 5.74) is -4.78. The third kappa shape index (κ3) is 4.90. The van der Waals surface area contributed by atoms with Gasteiger partial charge < -0.3 is 4.57 Å². The first-order valence-electron chi connectivity index (χ1n) is 6.85. The van der Waals surface area contributed by atoms with E-state index in [4.69, 9.17) is 0 Å². The molecule has 0 aromatic carbocycles. The van der Waals surface area contributed by atoms with Crippen LogP contribution < -0.4 is 5.56 Å². The lowest BCUT2D eigenvalue weighted by Gasteiger charge is -2.23. The minimum absolute atomic E-state index is 0.258. The minimum Gasteiger partial charge on any atom is -0.301 e. The highest BCUT2D eigenvalue weighted by Gasteiger charge is 2.36. The van der Waals surface area contributed by atoms with E-state index >= 15 is 0 Å². The molecule has 1 heterocycles. The fourth-order valence-electron chi connectivity index (χ4n) is 2.22. The smallest absolute Gasteiger partial charge is 0.301 e. The van der Waals surface area contributed by atoms with Crippen LogP contribution in [0, 0.1) is 0 Å². The summed E-state index contributed by atoms with van der Waals surface area (Å²) in [6.45, 7) is 5.47. The average molecular weight is 353 g/mol. The third-order valence-corrected chi connectivity index (χ3v) is 3.20. The van der Waals surface area contributed by atoms with Gasteiger partial charge in [-0.3, -0.25) is 9.74 Å². The molecular weight excluding hydrogens is 337 g/mol. The largest absolute Gasteiger partial charge is 0.416 e. The van der Waals surface area contributed by atoms with Crippen molar-refractivity contribution in [2.45, 2.75) is 44.6 Å². The molecule has 0 fully saturated rings. The highest BCUT2D eigenvalue weighted by Crippen LogP contribution is 2.32. The zero-order chi connectivity index (χ0) is 18.7. The first kappa shape index (κ1) is 19.9. The van der Waals surface area contributed by atoms with Gasteiger partial charge >= 0.3 is 12.1 Å². The molecule has 1 unspecified atom stereocenters. The molecule has 24 heavy (non-hydrogen) atoms. The Hall–Kier alpha value is -2.19. The Kier molecular flexibility index (Phi) is 5.91. The third-order valence-electron chi connectivity index (χ3n) is 3.20. The zero-order valence-electron chi connectivity index (χ0n) is 13.0. The molecule has 0 aliphatic carbocycles. The first-order valence-corrected chi connectivity index (χ1v) is 6.85. The molecular formula is C15H16F5NO3. The predicted molar refractivity (Wildman–Crippen MR) is 75.6 cm³/mol. The van der Waals surface area contributed by atoms with Crippen LogP contribution >= 0.6 is 0 Å². The molecule has 9 heteroatoms. The van der Waals surface area contributed by atoms with Gasteiger partial charge in [-0.15, -0.1) is 6.58 Å². The van der Waals surface area contributed by atoms with Crippen LogP contribution in [0.5, 0.6) is 0 Å². The van der Waals surface area contributed by atoms with Gasteiger partial charge in [-0.05, 0) is 25.8 Å². The normalized spacial score (nSPS) is 13.5. The van der Waals surface area contributed by atoms with Crippen LogP contribution in [0.3, 0.4) is 0 Å². The van der Waals surface area contributed by atoms with Gasteiger partial charge in [-0.2, -0.15) is 13.2 Å². The number of alkyl halides is 4. The van der Waals surface area contributed by atoms with Crippen molar-refractivity contribution in [2.24, 2.45) is 0 Å². The predicted octanol–water partition coefficient (Wildman–Crippen LogP) is 3.70. The summed E-state index contributed by atoms with van der Waals surface area (Å²) in [7, 11) is 0. The Morgan fingerprint density at radius 1 is 1.38 bits per heavy atom. The molecule has 4 nitrogen and oxygen atoms in total. The lowest BCUT2D eigenvalue weighted by atomic mass is 9.99. The molecule has 0 radical (unpaired) electrons. The van der Waals surface area contributed by atoms with Crippen LogP contribution in [-0.4, -0.2) is 16.2 Å². The summed E-state index contributed by atoms with van der Waals surface area (Å²) < 4.78 is 65.6. The number of carbonyl (C=O) groups excluding carboxylic acids is 1. The molecule has 0 amide bonds. The number of nitrogens with zero attached hydrogens (tertiary/aromatic N) is 1. The lowest BCUT2D eigenvalue weighted by Crippen LogP contribution is -2.35. The van der Waals surface area contributed by atoms with E-state index in [1.165, 1.54) is 6.08 Å². The number of aromatic nitrogens is 1. The Labute approximate surface area is 134 Å². The van der Waals surface area contributed by atoms with Crippen LogP contribution in [0.4, 0.5) is 22.1 Å². The van der Waals surface area contributed by atoms with Crippen LogP contribution in [0.2, 0.25) is 0 Å². The number of pyridine rings is 1. The second kappa shape index (κ2) is 7.14. The standard InChI is InChI=1S/C15H16F5NO3/c1-4-5-9-8-21(12(22)6-10(9)15(17,18)19)11(13(23)24-20)7-14(2,3)16/h4,6,8,11H,1,5,7H2,2-3H3. The maximum atomic E-state index is 13.8. The van der Waals surface area contributed by atoms with Gasteiger partial charge in [0.2, 0.25) is 0 Å². The summed E-state index contributed by atoms with van der Waals surface area (Å²) in [6, 6.07) is -1.46. The molecule has 0 aliphatic heterocycles. The second-order valence-electron chi connectivity index (χ2n) is 5.78. The topological polar surface area (TPSA) is 48.3 Å². The van der Waals surface area contributed by atoms with E-state index in [0.29, 0.717) is 4.57 Å². The molecule has 134 valence electrons. The second-order valence-corrected chi connectivity index (χ2v) is 5.78. The van der Waals surface area contributed by atoms with Gasteiger partial charge in [0.05, 0.1) is 5.56 Å². The molecule has 0 aliphatic rings. The van der Waals surface area contributed by atoms with E-state index in [1.54, 1.807) is 0 Å². The van der Waals surface area contributed by atoms with E-state index in [-0.39, 0.29) is 18.1 Å². The van der Waals surface area contributed by atoms with Crippen molar-refractivity contribution in [1.82, 2.24) is 4.57 Å². The van der Waals surface area contributed by atoms with Crippen LogP contribution in [0.25, 0.3) is 0 Å². The summed E-state index contributed by atoms with van der Waals surface area (Å²) in [6.07, 6.45) is -3.80. The first-order chi connectivity index (χ1) is 10.9. The summed E-state index contributed by atoms with van der Waals surface area (Å²) in [5.74, 6) is -1.58. The quantitative estimate of drug-likeness (QED) is 0.579. The van der Waals surface area contributed by atoms with E-state index < -0.39 is 41.4 Å². The number of hydrogen-bond donors (Lipinski definition) is 0. The number of halogens is 5. The van der Waals surface area contributed by atoms with Crippen molar-refractivity contribution in [3.8, 4) is 0 Å². The molecule has 0 spiro atoms. The Bertz CT molecular complexity index is 673. The van der Waals surface area contributed by atoms with Crippen molar-refractivity contribution in [2.75, 3.05) is 0 Å². The van der Waals surface area contributed by atoms with Crippen LogP contribution in [-0.2, 0) is 22.3 Å². The molecule has 0 saturated heterocycles. The highest BCUT2D eigenvalue weighted by atomic mass is 19.4. The summed E-state index contributed by atoms with van der Waals surface area (Å²) >= 11 is 0. The van der Waals surface area contributed by atoms with Gasteiger partial charge in [0.25, 0.3) is 5.56 Å². The molecule has 1 rings (SSSR count). The van der Waals surface area contributed by atoms with Gasteiger partial charge in [0.1, 0.15) is 11.7 Å². The average Bonchev–Trinajstić information content (AvgIpc) is 2.44. The molecule has 0 saturated carbocycles. The number of hydrogen-bond acceptors (Lipinski definition) is 3. The minimum atomic E-state index is -4.80. The zero-order valence-corrected chi connectivity index (χ0v) is 13.0. The number of carbonyl (C=O) groups is 1. The van der Waals surface area contributed by atoms with Crippen LogP contribution in [0.1, 0.15) is 37.4 Å². The molecule has 1 aromatic rings. The maximum absolute atomic E-state index is 13.8. The lowest BCUT2D eigenvalue weighted by molar-refractivity contribution is -0.189. The monoisotopic (exact) mass is 353 g/mol. The number of allylic oxidation sites excluding steroid dienone is 1. The summed E-state index contributed by atoms with van der Waals surface area (Å²) in [5, 5.41) is 0. The van der Waals surface area contributed by atoms with Gasteiger partial charge in [0, 0.05) is 23.2 Å². The number of rotatable bonds is 6. The van der Waals surface area contributed by atoms with E-state index in [0.717, 1.165) is 20.0 Å². The van der Waals surface area contributed by atoms with E-state index in [9.17, 15) is 31.7 Å². The van der Waals surface area contributed by atoms with Gasteiger partial charge in [0.15, 0.2) is 0 Å². The van der Waals surface area contributed by atoms with Crippen molar-refractivity contribution in [3.63, 3.8) is 0 Å². The highest BCUT2D eigenvalue weighted by molar-refractivity contribution is 5.73. The molecule has 0 N–H and O–H groups in total. The van der Waals surface area contributed by atoms with Crippen molar-refractivity contribution in [3.05, 3.63) is 46.4 Å². The van der Waals surface area contributed by atoms with Crippen molar-refractivity contribution >= 4 is 5.97 Å². The summed E-state index contributed by atoms with van der Waals surface area (Å²) in [4.78, 5) is 26.6. The SMILES string of the molecule is C=CCc1cn(C(CC(C)(C)F)C(=O)OF)c(=O)cc1C(F)(F)F. The van der Waals surface area contributed by atoms with Gasteiger partial charge in [-0.1, -0.05) is 6.08 Å². The molecule has 1 aromatic heterocycles. The fourth-order valence-corrected chi connectivity index (χ4v) is 2.22. The van der Waals surface area contributed by atoms with E-state index in [1.807, 2.05) is 0 Å². The van der Waals surface area contributed by atoms with Crippen LogP contribution in [0.15, 0.2) is 29.7 Å². The molecule has 0 bridgehead atoms. The Balaban J connectivity index is 3.55. The fraction of sp³-hybridized carbons (Fsp3) is 0.467. The Morgan fingerprint density at radius 2 is 1.96 bits per heavy atom. The Morgan fingerprint density at radius 3 is 2.38 bits per heavy atom. The maximum Gasteiger partial charge on any atom is 0.416 e. The molecule has 1 atom stereocenters. The van der Waals surface area contributed by atoms with Gasteiger partial charge in [-0.25, -0.2) is 9.18 Å².